The lowest BCUT2D eigenvalue weighted by molar-refractivity contribution is 0.626. The molecule has 2 N–H and O–H groups in total. The lowest BCUT2D eigenvalue weighted by atomic mass is 10.2. The van der Waals surface area contributed by atoms with Crippen molar-refractivity contribution in [1.29, 1.82) is 0 Å². The van der Waals surface area contributed by atoms with Gasteiger partial charge in [0.15, 0.2) is 5.11 Å². The second-order valence-corrected chi connectivity index (χ2v) is 4.14. The fraction of sp³-hybridized carbons (Fsp3) is 0.364. The van der Waals surface area contributed by atoms with Gasteiger partial charge in [0.05, 0.1) is 0 Å². The van der Waals surface area contributed by atoms with Crippen LogP contribution in [-0.2, 0) is 6.54 Å². The predicted octanol–water partition coefficient (Wildman–Crippen LogP) is 1.95. The second-order valence-electron chi connectivity index (χ2n) is 3.73. The van der Waals surface area contributed by atoms with Crippen LogP contribution in [0.2, 0.25) is 0 Å². The van der Waals surface area contributed by atoms with Gasteiger partial charge in [0.25, 0.3) is 0 Å². The van der Waals surface area contributed by atoms with Crippen molar-refractivity contribution in [2.75, 3.05) is 0 Å². The third-order valence-electron chi connectivity index (χ3n) is 2.28. The van der Waals surface area contributed by atoms with Crippen molar-refractivity contribution in [3.05, 3.63) is 35.6 Å². The fourth-order valence-corrected chi connectivity index (χ4v) is 1.49. The number of hydrogen-bond donors (Lipinski definition) is 2. The van der Waals surface area contributed by atoms with E-state index in [9.17, 15) is 4.39 Å². The molecule has 1 saturated carbocycles. The highest BCUT2D eigenvalue weighted by Gasteiger charge is 2.21. The van der Waals surface area contributed by atoms with Gasteiger partial charge in [-0.3, -0.25) is 0 Å². The Morgan fingerprint density at radius 1 is 1.33 bits per heavy atom. The molecule has 0 aliphatic heterocycles. The minimum absolute atomic E-state index is 0.211. The van der Waals surface area contributed by atoms with Gasteiger partial charge in [-0.15, -0.1) is 0 Å². The summed E-state index contributed by atoms with van der Waals surface area (Å²) < 4.78 is 12.6. The Hall–Kier alpha value is -1.16. The zero-order valence-electron chi connectivity index (χ0n) is 8.29. The number of rotatable bonds is 3. The minimum Gasteiger partial charge on any atom is -0.360 e. The number of hydrogen-bond acceptors (Lipinski definition) is 1. The van der Waals surface area contributed by atoms with E-state index in [-0.39, 0.29) is 5.82 Å². The third kappa shape index (κ3) is 3.47. The number of nitrogens with one attached hydrogen (secondary N) is 2. The van der Waals surface area contributed by atoms with Gasteiger partial charge in [-0.1, -0.05) is 12.1 Å². The van der Waals surface area contributed by atoms with Gasteiger partial charge in [-0.2, -0.15) is 0 Å². The molecule has 0 spiro atoms. The van der Waals surface area contributed by atoms with Gasteiger partial charge in [0.2, 0.25) is 0 Å². The van der Waals surface area contributed by atoms with Crippen LogP contribution in [0, 0.1) is 5.82 Å². The highest BCUT2D eigenvalue weighted by molar-refractivity contribution is 7.80. The lowest BCUT2D eigenvalue weighted by Crippen LogP contribution is -2.36. The van der Waals surface area contributed by atoms with Crippen molar-refractivity contribution >= 4 is 17.3 Å². The number of halogens is 1. The molecule has 0 heterocycles. The average Bonchev–Trinajstić information content (AvgIpc) is 3.01. The SMILES string of the molecule is Fc1ccc(CNC(=S)NC2CC2)cc1. The van der Waals surface area contributed by atoms with E-state index in [1.807, 2.05) is 0 Å². The van der Waals surface area contributed by atoms with Crippen molar-refractivity contribution in [3.8, 4) is 0 Å². The Morgan fingerprint density at radius 3 is 2.60 bits per heavy atom. The van der Waals surface area contributed by atoms with Gasteiger partial charge in [0.1, 0.15) is 5.82 Å². The number of thiocarbonyl (C=S) groups is 1. The average molecular weight is 224 g/mol. The largest absolute Gasteiger partial charge is 0.360 e. The Morgan fingerprint density at radius 2 is 2.00 bits per heavy atom. The normalized spacial score (nSPS) is 14.7. The molecule has 0 radical (unpaired) electrons. The molecule has 2 rings (SSSR count). The third-order valence-corrected chi connectivity index (χ3v) is 2.54. The first-order chi connectivity index (χ1) is 7.24. The molecule has 0 atom stereocenters. The van der Waals surface area contributed by atoms with E-state index in [0.29, 0.717) is 17.7 Å². The Balaban J connectivity index is 1.76. The monoisotopic (exact) mass is 224 g/mol. The van der Waals surface area contributed by atoms with Crippen LogP contribution >= 0.6 is 12.2 Å². The predicted molar refractivity (Wildman–Crippen MR) is 62.0 cm³/mol. The summed E-state index contributed by atoms with van der Waals surface area (Å²) >= 11 is 5.10. The molecule has 15 heavy (non-hydrogen) atoms. The summed E-state index contributed by atoms with van der Waals surface area (Å²) in [6, 6.07) is 6.98. The summed E-state index contributed by atoms with van der Waals surface area (Å²) in [5.41, 5.74) is 1.02. The molecule has 1 fully saturated rings. The molecule has 0 aromatic heterocycles. The molecule has 0 bridgehead atoms. The van der Waals surface area contributed by atoms with Crippen molar-refractivity contribution in [3.63, 3.8) is 0 Å². The zero-order valence-corrected chi connectivity index (χ0v) is 9.11. The maximum Gasteiger partial charge on any atom is 0.166 e. The second kappa shape index (κ2) is 4.57. The summed E-state index contributed by atoms with van der Waals surface area (Å²) in [6.45, 7) is 0.638. The highest BCUT2D eigenvalue weighted by Crippen LogP contribution is 2.18. The Labute approximate surface area is 93.9 Å². The molecule has 0 saturated heterocycles. The quantitative estimate of drug-likeness (QED) is 0.767. The summed E-state index contributed by atoms with van der Waals surface area (Å²) in [5.74, 6) is -0.211. The van der Waals surface area contributed by atoms with E-state index in [0.717, 1.165) is 5.56 Å². The van der Waals surface area contributed by atoms with Crippen LogP contribution in [0.3, 0.4) is 0 Å². The molecule has 1 aromatic rings. The van der Waals surface area contributed by atoms with E-state index in [1.54, 1.807) is 12.1 Å². The van der Waals surface area contributed by atoms with E-state index < -0.39 is 0 Å². The highest BCUT2D eigenvalue weighted by atomic mass is 32.1. The van der Waals surface area contributed by atoms with Gasteiger partial charge in [-0.05, 0) is 42.8 Å². The minimum atomic E-state index is -0.211. The first kappa shape index (κ1) is 10.4. The van der Waals surface area contributed by atoms with Crippen molar-refractivity contribution < 1.29 is 4.39 Å². The smallest absolute Gasteiger partial charge is 0.166 e. The molecule has 4 heteroatoms. The van der Waals surface area contributed by atoms with Crippen LogP contribution in [0.25, 0.3) is 0 Å². The van der Waals surface area contributed by atoms with Crippen LogP contribution < -0.4 is 10.6 Å². The first-order valence-corrected chi connectivity index (χ1v) is 5.44. The zero-order chi connectivity index (χ0) is 10.7. The molecule has 2 nitrogen and oxygen atoms in total. The topological polar surface area (TPSA) is 24.1 Å². The Bertz CT molecular complexity index is 346. The summed E-state index contributed by atoms with van der Waals surface area (Å²) in [6.07, 6.45) is 2.41. The van der Waals surface area contributed by atoms with Crippen molar-refractivity contribution in [2.45, 2.75) is 25.4 Å². The molecule has 0 unspecified atom stereocenters. The number of benzene rings is 1. The molecule has 1 aromatic carbocycles. The fourth-order valence-electron chi connectivity index (χ4n) is 1.25. The molecule has 80 valence electrons. The van der Waals surface area contributed by atoms with E-state index in [4.69, 9.17) is 12.2 Å². The van der Waals surface area contributed by atoms with Crippen LogP contribution in [0.1, 0.15) is 18.4 Å². The van der Waals surface area contributed by atoms with E-state index in [2.05, 4.69) is 10.6 Å². The first-order valence-electron chi connectivity index (χ1n) is 5.03. The molecular formula is C11H13FN2S. The summed E-state index contributed by atoms with van der Waals surface area (Å²) in [4.78, 5) is 0. The molecule has 1 aliphatic rings. The van der Waals surface area contributed by atoms with Gasteiger partial charge in [0, 0.05) is 12.6 Å². The molecule has 0 amide bonds. The van der Waals surface area contributed by atoms with Crippen molar-refractivity contribution in [1.82, 2.24) is 10.6 Å². The van der Waals surface area contributed by atoms with Crippen LogP contribution in [-0.4, -0.2) is 11.2 Å². The van der Waals surface area contributed by atoms with Gasteiger partial charge < -0.3 is 10.6 Å². The van der Waals surface area contributed by atoms with E-state index in [1.165, 1.54) is 25.0 Å². The molecular weight excluding hydrogens is 211 g/mol. The summed E-state index contributed by atoms with van der Waals surface area (Å²) in [7, 11) is 0. The Kier molecular flexibility index (Phi) is 3.16. The van der Waals surface area contributed by atoms with Crippen LogP contribution in [0.5, 0.6) is 0 Å². The van der Waals surface area contributed by atoms with Crippen LogP contribution in [0.4, 0.5) is 4.39 Å². The maximum absolute atomic E-state index is 12.6. The molecule has 1 aliphatic carbocycles. The van der Waals surface area contributed by atoms with E-state index >= 15 is 0 Å². The standard InChI is InChI=1S/C11H13FN2S/c12-9-3-1-8(2-4-9)7-13-11(15)14-10-5-6-10/h1-4,10H,5-7H2,(H2,13,14,15). The van der Waals surface area contributed by atoms with Crippen LogP contribution in [0.15, 0.2) is 24.3 Å². The van der Waals surface area contributed by atoms with Gasteiger partial charge in [-0.25, -0.2) is 4.39 Å². The lowest BCUT2D eigenvalue weighted by Gasteiger charge is -2.09. The maximum atomic E-state index is 12.6. The van der Waals surface area contributed by atoms with Crippen molar-refractivity contribution in [2.24, 2.45) is 0 Å². The van der Waals surface area contributed by atoms with Gasteiger partial charge >= 0.3 is 0 Å². The summed E-state index contributed by atoms with van der Waals surface area (Å²) in [5, 5.41) is 6.95.